The van der Waals surface area contributed by atoms with E-state index >= 15 is 0 Å². The van der Waals surface area contributed by atoms with Crippen molar-refractivity contribution in [2.75, 3.05) is 13.2 Å². The highest BCUT2D eigenvalue weighted by molar-refractivity contribution is 9.10. The summed E-state index contributed by atoms with van der Waals surface area (Å²) in [6.45, 7) is 1.02. The predicted octanol–water partition coefficient (Wildman–Crippen LogP) is 1.58. The van der Waals surface area contributed by atoms with E-state index in [4.69, 9.17) is 15.6 Å². The van der Waals surface area contributed by atoms with Crippen LogP contribution in [0.3, 0.4) is 0 Å². The zero-order valence-electron chi connectivity index (χ0n) is 8.48. The molecule has 2 rings (SSSR count). The first-order chi connectivity index (χ1) is 7.54. The Kier molecular flexibility index (Phi) is 3.34. The van der Waals surface area contributed by atoms with Crippen LogP contribution in [0, 0.1) is 0 Å². The Morgan fingerprint density at radius 2 is 2.44 bits per heavy atom. The average molecular weight is 306 g/mol. The number of ether oxygens (including phenoxy) is 1. The Balaban J connectivity index is 2.22. The van der Waals surface area contributed by atoms with Crippen molar-refractivity contribution in [2.45, 2.75) is 17.9 Å². The van der Waals surface area contributed by atoms with Gasteiger partial charge in [0.15, 0.2) is 0 Å². The van der Waals surface area contributed by atoms with Gasteiger partial charge in [0.25, 0.3) is 0 Å². The largest absolute Gasteiger partial charge is 0.481 e. The molecule has 1 aliphatic heterocycles. The van der Waals surface area contributed by atoms with Crippen LogP contribution in [-0.2, 0) is 14.9 Å². The lowest BCUT2D eigenvalue weighted by Gasteiger charge is -2.44. The van der Waals surface area contributed by atoms with Gasteiger partial charge in [-0.3, -0.25) is 4.79 Å². The number of rotatable bonds is 4. The normalized spacial score (nSPS) is 20.1. The minimum Gasteiger partial charge on any atom is -0.481 e. The first-order valence-corrected chi connectivity index (χ1v) is 6.51. The van der Waals surface area contributed by atoms with Crippen LogP contribution in [0.4, 0.5) is 0 Å². The Bertz CT molecular complexity index is 403. The van der Waals surface area contributed by atoms with Crippen molar-refractivity contribution in [3.8, 4) is 0 Å². The van der Waals surface area contributed by atoms with Crippen LogP contribution < -0.4 is 5.73 Å². The molecule has 0 spiro atoms. The maximum absolute atomic E-state index is 10.7. The second-order valence-corrected chi connectivity index (χ2v) is 5.81. The molecule has 0 radical (unpaired) electrons. The minimum atomic E-state index is -0.866. The second-order valence-electron chi connectivity index (χ2n) is 3.98. The van der Waals surface area contributed by atoms with Gasteiger partial charge in [0.2, 0.25) is 0 Å². The minimum absolute atomic E-state index is 0.0289. The molecule has 16 heavy (non-hydrogen) atoms. The third kappa shape index (κ3) is 2.02. The number of carboxylic acids is 1. The summed E-state index contributed by atoms with van der Waals surface area (Å²) >= 11 is 4.98. The monoisotopic (exact) mass is 305 g/mol. The van der Waals surface area contributed by atoms with Crippen molar-refractivity contribution < 1.29 is 14.6 Å². The highest BCUT2D eigenvalue weighted by Crippen LogP contribution is 2.40. The van der Waals surface area contributed by atoms with Gasteiger partial charge in [-0.1, -0.05) is 0 Å². The summed E-state index contributed by atoms with van der Waals surface area (Å²) in [7, 11) is 0. The summed E-state index contributed by atoms with van der Waals surface area (Å²) in [5.41, 5.74) is 5.68. The number of aliphatic carboxylic acids is 1. The molecule has 0 saturated carbocycles. The van der Waals surface area contributed by atoms with E-state index in [0.717, 1.165) is 9.35 Å². The van der Waals surface area contributed by atoms with Crippen molar-refractivity contribution >= 4 is 33.2 Å². The van der Waals surface area contributed by atoms with Gasteiger partial charge >= 0.3 is 5.97 Å². The molecule has 4 nitrogen and oxygen atoms in total. The van der Waals surface area contributed by atoms with E-state index in [0.29, 0.717) is 13.2 Å². The fraction of sp³-hybridized carbons (Fsp3) is 0.500. The lowest BCUT2D eigenvalue weighted by molar-refractivity contribution is -0.140. The molecule has 1 unspecified atom stereocenters. The van der Waals surface area contributed by atoms with Gasteiger partial charge in [-0.2, -0.15) is 0 Å². The Morgan fingerprint density at radius 3 is 2.81 bits per heavy atom. The second kappa shape index (κ2) is 4.44. The van der Waals surface area contributed by atoms with Gasteiger partial charge in [0.05, 0.1) is 25.0 Å². The van der Waals surface area contributed by atoms with Crippen LogP contribution in [-0.4, -0.2) is 30.3 Å². The van der Waals surface area contributed by atoms with E-state index in [2.05, 4.69) is 15.9 Å². The molecule has 1 aromatic heterocycles. The molecule has 6 heteroatoms. The van der Waals surface area contributed by atoms with Gasteiger partial charge in [0.1, 0.15) is 0 Å². The van der Waals surface area contributed by atoms with Crippen molar-refractivity contribution in [3.63, 3.8) is 0 Å². The zero-order chi connectivity index (χ0) is 11.8. The summed E-state index contributed by atoms with van der Waals surface area (Å²) in [4.78, 5) is 11.8. The van der Waals surface area contributed by atoms with Crippen LogP contribution in [0.15, 0.2) is 15.9 Å². The molecule has 3 N–H and O–H groups in total. The number of thiophene rings is 1. The molecule has 88 valence electrons. The molecule has 1 aliphatic rings. The Hall–Kier alpha value is -0.430. The topological polar surface area (TPSA) is 72.6 Å². The average Bonchev–Trinajstić information content (AvgIpc) is 2.48. The van der Waals surface area contributed by atoms with Gasteiger partial charge < -0.3 is 15.6 Å². The molecule has 0 amide bonds. The van der Waals surface area contributed by atoms with Gasteiger partial charge in [-0.05, 0) is 22.0 Å². The molecular formula is C10H12BrNO3S. The van der Waals surface area contributed by atoms with Crippen molar-refractivity contribution in [3.05, 3.63) is 20.8 Å². The van der Waals surface area contributed by atoms with Crippen LogP contribution in [0.1, 0.15) is 11.3 Å². The number of nitrogens with two attached hydrogens (primary N) is 1. The molecule has 1 fully saturated rings. The van der Waals surface area contributed by atoms with Gasteiger partial charge in [-0.25, -0.2) is 0 Å². The maximum atomic E-state index is 10.7. The summed E-state index contributed by atoms with van der Waals surface area (Å²) < 4.78 is 6.22. The quantitative estimate of drug-likeness (QED) is 0.886. The summed E-state index contributed by atoms with van der Waals surface area (Å²) in [5.74, 6) is -0.866. The molecule has 1 saturated heterocycles. The molecule has 1 aromatic rings. The molecule has 1 atom stereocenters. The Morgan fingerprint density at radius 1 is 1.75 bits per heavy atom. The van der Waals surface area contributed by atoms with Crippen molar-refractivity contribution in [1.82, 2.24) is 0 Å². The van der Waals surface area contributed by atoms with E-state index in [-0.39, 0.29) is 11.8 Å². The van der Waals surface area contributed by atoms with E-state index in [1.165, 1.54) is 0 Å². The molecule has 0 aliphatic carbocycles. The smallest absolute Gasteiger partial charge is 0.304 e. The third-order valence-corrected chi connectivity index (χ3v) is 4.79. The number of hydrogen-bond acceptors (Lipinski definition) is 4. The third-order valence-electron chi connectivity index (χ3n) is 2.88. The predicted molar refractivity (Wildman–Crippen MR) is 64.7 cm³/mol. The highest BCUT2D eigenvalue weighted by Gasteiger charge is 2.47. The number of carbonyl (C=O) groups is 1. The Labute approximate surface area is 106 Å². The molecule has 2 heterocycles. The first-order valence-electron chi connectivity index (χ1n) is 4.84. The lowest BCUT2D eigenvalue weighted by atomic mass is 9.76. The summed E-state index contributed by atoms with van der Waals surface area (Å²) in [5, 5.41) is 10.8. The van der Waals surface area contributed by atoms with Gasteiger partial charge in [0, 0.05) is 20.8 Å². The van der Waals surface area contributed by atoms with Crippen LogP contribution in [0.25, 0.3) is 0 Å². The molecular weight excluding hydrogens is 294 g/mol. The highest BCUT2D eigenvalue weighted by atomic mass is 79.9. The molecule has 0 aromatic carbocycles. The van der Waals surface area contributed by atoms with Crippen LogP contribution >= 0.6 is 27.3 Å². The maximum Gasteiger partial charge on any atom is 0.304 e. The zero-order valence-corrected chi connectivity index (χ0v) is 10.9. The summed E-state index contributed by atoms with van der Waals surface area (Å²) in [6.07, 6.45) is -0.0289. The van der Waals surface area contributed by atoms with Crippen LogP contribution in [0.5, 0.6) is 0 Å². The lowest BCUT2D eigenvalue weighted by Crippen LogP contribution is -2.59. The number of carboxylic acid groups (broad SMARTS) is 1. The van der Waals surface area contributed by atoms with E-state index < -0.39 is 12.0 Å². The van der Waals surface area contributed by atoms with Crippen molar-refractivity contribution in [1.29, 1.82) is 0 Å². The number of hydrogen-bond donors (Lipinski definition) is 2. The van der Waals surface area contributed by atoms with Gasteiger partial charge in [-0.15, -0.1) is 11.3 Å². The fourth-order valence-corrected chi connectivity index (χ4v) is 3.49. The van der Waals surface area contributed by atoms with E-state index in [1.54, 1.807) is 11.3 Å². The van der Waals surface area contributed by atoms with Crippen molar-refractivity contribution in [2.24, 2.45) is 5.73 Å². The standard InChI is InChI=1S/C10H12BrNO3S/c11-6-1-8(16-3-6)10(4-15-5-10)7(12)2-9(13)14/h1,3,7H,2,4-5,12H2,(H,13,14). The van der Waals surface area contributed by atoms with Crippen LogP contribution in [0.2, 0.25) is 0 Å². The first kappa shape index (κ1) is 12.0. The van der Waals surface area contributed by atoms with E-state index in [9.17, 15) is 4.79 Å². The fourth-order valence-electron chi connectivity index (χ4n) is 1.82. The number of halogens is 1. The molecule has 0 bridgehead atoms. The summed E-state index contributed by atoms with van der Waals surface area (Å²) in [6, 6.07) is 1.60. The van der Waals surface area contributed by atoms with E-state index in [1.807, 2.05) is 11.4 Å². The SMILES string of the molecule is NC(CC(=O)O)C1(c2cc(Br)cs2)COC1.